The summed E-state index contributed by atoms with van der Waals surface area (Å²) in [5, 5.41) is 0.146. The molecule has 2 heterocycles. The van der Waals surface area contributed by atoms with Crippen molar-refractivity contribution in [1.82, 2.24) is 14.9 Å². The Bertz CT molecular complexity index is 504. The molecular formula is C14H20ClN3O3. The van der Waals surface area contributed by atoms with Crippen LogP contribution in [0, 0.1) is 0 Å². The average Bonchev–Trinajstić information content (AvgIpc) is 2.37. The minimum Gasteiger partial charge on any atom is -0.472 e. The number of aromatic nitrogens is 2. The number of rotatable bonds is 2. The Morgan fingerprint density at radius 1 is 1.48 bits per heavy atom. The smallest absolute Gasteiger partial charge is 0.410 e. The van der Waals surface area contributed by atoms with Gasteiger partial charge in [0.1, 0.15) is 11.7 Å². The zero-order chi connectivity index (χ0) is 15.5. The maximum Gasteiger partial charge on any atom is 0.410 e. The number of carbonyl (C=O) groups excluding carboxylic acids is 1. The van der Waals surface area contributed by atoms with Gasteiger partial charge >= 0.3 is 6.09 Å². The molecule has 7 heteroatoms. The summed E-state index contributed by atoms with van der Waals surface area (Å²) in [5.74, 6) is 0.422. The first-order valence-corrected chi connectivity index (χ1v) is 7.34. The third-order valence-corrected chi connectivity index (χ3v) is 3.10. The number of carbonyl (C=O) groups is 1. The van der Waals surface area contributed by atoms with Gasteiger partial charge in [-0.05, 0) is 45.2 Å². The van der Waals surface area contributed by atoms with Crippen LogP contribution in [-0.4, -0.2) is 45.8 Å². The Morgan fingerprint density at radius 3 is 2.90 bits per heavy atom. The first-order valence-electron chi connectivity index (χ1n) is 6.96. The van der Waals surface area contributed by atoms with Crippen molar-refractivity contribution in [3.8, 4) is 5.88 Å². The molecule has 0 spiro atoms. The van der Waals surface area contributed by atoms with Gasteiger partial charge in [0.05, 0.1) is 6.54 Å². The van der Waals surface area contributed by atoms with Crippen molar-refractivity contribution in [2.75, 3.05) is 13.1 Å². The van der Waals surface area contributed by atoms with E-state index in [-0.39, 0.29) is 17.5 Å². The highest BCUT2D eigenvalue weighted by molar-refractivity contribution is 6.28. The molecule has 21 heavy (non-hydrogen) atoms. The van der Waals surface area contributed by atoms with Crippen molar-refractivity contribution in [2.24, 2.45) is 0 Å². The molecule has 0 aliphatic carbocycles. The Hall–Kier alpha value is -1.56. The molecule has 1 aliphatic rings. The first-order chi connectivity index (χ1) is 9.83. The van der Waals surface area contributed by atoms with Crippen molar-refractivity contribution >= 4 is 17.7 Å². The second kappa shape index (κ2) is 6.47. The fourth-order valence-electron chi connectivity index (χ4n) is 2.08. The lowest BCUT2D eigenvalue weighted by atomic mass is 10.1. The maximum absolute atomic E-state index is 12.1. The highest BCUT2D eigenvalue weighted by Gasteiger charge is 2.28. The van der Waals surface area contributed by atoms with Crippen molar-refractivity contribution < 1.29 is 14.3 Å². The maximum atomic E-state index is 12.1. The Balaban J connectivity index is 1.93. The fourth-order valence-corrected chi connectivity index (χ4v) is 2.22. The largest absolute Gasteiger partial charge is 0.472 e. The number of nitrogens with zero attached hydrogens (tertiary/aromatic N) is 3. The molecule has 0 saturated carbocycles. The molecule has 6 nitrogen and oxygen atoms in total. The molecule has 116 valence electrons. The van der Waals surface area contributed by atoms with E-state index in [4.69, 9.17) is 21.1 Å². The van der Waals surface area contributed by atoms with Gasteiger partial charge in [0, 0.05) is 18.8 Å². The number of hydrogen-bond acceptors (Lipinski definition) is 5. The number of hydrogen-bond donors (Lipinski definition) is 0. The van der Waals surface area contributed by atoms with Gasteiger partial charge in [-0.2, -0.15) is 4.98 Å². The molecule has 0 N–H and O–H groups in total. The van der Waals surface area contributed by atoms with E-state index in [1.807, 2.05) is 20.8 Å². The van der Waals surface area contributed by atoms with Crippen molar-refractivity contribution in [2.45, 2.75) is 45.3 Å². The zero-order valence-electron chi connectivity index (χ0n) is 12.5. The van der Waals surface area contributed by atoms with E-state index < -0.39 is 5.60 Å². The number of piperidine rings is 1. The molecule has 0 radical (unpaired) electrons. The van der Waals surface area contributed by atoms with Gasteiger partial charge in [0.15, 0.2) is 0 Å². The van der Waals surface area contributed by atoms with Gasteiger partial charge < -0.3 is 14.4 Å². The van der Waals surface area contributed by atoms with Crippen LogP contribution in [-0.2, 0) is 4.74 Å². The first kappa shape index (κ1) is 15.8. The molecule has 1 atom stereocenters. The minimum atomic E-state index is -0.495. The Morgan fingerprint density at radius 2 is 2.24 bits per heavy atom. The van der Waals surface area contributed by atoms with Crippen LogP contribution in [0.2, 0.25) is 5.28 Å². The van der Waals surface area contributed by atoms with Crippen molar-refractivity contribution in [1.29, 1.82) is 0 Å². The summed E-state index contributed by atoms with van der Waals surface area (Å²) in [7, 11) is 0. The van der Waals surface area contributed by atoms with Crippen LogP contribution in [0.1, 0.15) is 33.6 Å². The summed E-state index contributed by atoms with van der Waals surface area (Å²) >= 11 is 5.73. The predicted octanol–water partition coefficient (Wildman–Crippen LogP) is 2.91. The van der Waals surface area contributed by atoms with Gasteiger partial charge in [0.2, 0.25) is 11.2 Å². The molecule has 1 aromatic heterocycles. The number of halogens is 1. The highest BCUT2D eigenvalue weighted by atomic mass is 35.5. The SMILES string of the molecule is CC(C)(C)OC(=O)N1CCCC(Oc2ccnc(Cl)n2)C1. The van der Waals surface area contributed by atoms with Gasteiger partial charge in [-0.25, -0.2) is 9.78 Å². The van der Waals surface area contributed by atoms with Crippen LogP contribution >= 0.6 is 11.6 Å². The molecule has 2 rings (SSSR count). The molecule has 1 saturated heterocycles. The van der Waals surface area contributed by atoms with Crippen LogP contribution < -0.4 is 4.74 Å². The van der Waals surface area contributed by atoms with E-state index in [0.29, 0.717) is 19.0 Å². The van der Waals surface area contributed by atoms with Gasteiger partial charge in [0.25, 0.3) is 0 Å². The topological polar surface area (TPSA) is 64.5 Å². The van der Waals surface area contributed by atoms with Crippen LogP contribution in [0.3, 0.4) is 0 Å². The molecular weight excluding hydrogens is 294 g/mol. The quantitative estimate of drug-likeness (QED) is 0.785. The summed E-state index contributed by atoms with van der Waals surface area (Å²) < 4.78 is 11.1. The molecule has 1 aliphatic heterocycles. The van der Waals surface area contributed by atoms with Gasteiger partial charge in [-0.3, -0.25) is 0 Å². The lowest BCUT2D eigenvalue weighted by Gasteiger charge is -2.33. The van der Waals surface area contributed by atoms with E-state index in [0.717, 1.165) is 12.8 Å². The van der Waals surface area contributed by atoms with E-state index in [2.05, 4.69) is 9.97 Å². The van der Waals surface area contributed by atoms with E-state index >= 15 is 0 Å². The summed E-state index contributed by atoms with van der Waals surface area (Å²) in [6.07, 6.45) is 2.84. The molecule has 0 aromatic carbocycles. The van der Waals surface area contributed by atoms with Crippen LogP contribution in [0.4, 0.5) is 4.79 Å². The normalized spacial score (nSPS) is 19.2. The number of ether oxygens (including phenoxy) is 2. The summed E-state index contributed by atoms with van der Waals surface area (Å²) in [6, 6.07) is 1.65. The zero-order valence-corrected chi connectivity index (χ0v) is 13.3. The van der Waals surface area contributed by atoms with Gasteiger partial charge in [-0.15, -0.1) is 0 Å². The molecule has 1 amide bonds. The second-order valence-corrected chi connectivity index (χ2v) is 6.31. The minimum absolute atomic E-state index is 0.114. The predicted molar refractivity (Wildman–Crippen MR) is 78.5 cm³/mol. The standard InChI is InChI=1S/C14H20ClN3O3/c1-14(2,3)21-13(19)18-8-4-5-10(9-18)20-11-6-7-16-12(15)17-11/h6-7,10H,4-5,8-9H2,1-3H3. The average molecular weight is 314 g/mol. The van der Waals surface area contributed by atoms with Crippen molar-refractivity contribution in [3.63, 3.8) is 0 Å². The highest BCUT2D eigenvalue weighted by Crippen LogP contribution is 2.19. The van der Waals surface area contributed by atoms with E-state index in [1.54, 1.807) is 17.2 Å². The lowest BCUT2D eigenvalue weighted by Crippen LogP contribution is -2.46. The number of amides is 1. The van der Waals surface area contributed by atoms with E-state index in [9.17, 15) is 4.79 Å². The lowest BCUT2D eigenvalue weighted by molar-refractivity contribution is 0.00720. The molecule has 1 unspecified atom stereocenters. The second-order valence-electron chi connectivity index (χ2n) is 5.97. The Labute approximate surface area is 129 Å². The summed E-state index contributed by atoms with van der Waals surface area (Å²) in [5.41, 5.74) is -0.495. The van der Waals surface area contributed by atoms with Crippen LogP contribution in [0.5, 0.6) is 5.88 Å². The van der Waals surface area contributed by atoms with Gasteiger partial charge in [-0.1, -0.05) is 0 Å². The number of likely N-dealkylation sites (tertiary alicyclic amines) is 1. The van der Waals surface area contributed by atoms with Crippen LogP contribution in [0.15, 0.2) is 12.3 Å². The summed E-state index contributed by atoms with van der Waals surface area (Å²) in [4.78, 5) is 21.5. The fraction of sp³-hybridized carbons (Fsp3) is 0.643. The molecule has 0 bridgehead atoms. The van der Waals surface area contributed by atoms with Crippen molar-refractivity contribution in [3.05, 3.63) is 17.5 Å². The molecule has 1 fully saturated rings. The third kappa shape index (κ3) is 5.04. The monoisotopic (exact) mass is 313 g/mol. The third-order valence-electron chi connectivity index (χ3n) is 2.92. The Kier molecular flexibility index (Phi) is 4.88. The van der Waals surface area contributed by atoms with Crippen LogP contribution in [0.25, 0.3) is 0 Å². The summed E-state index contributed by atoms with van der Waals surface area (Å²) in [6.45, 7) is 6.72. The van der Waals surface area contributed by atoms with E-state index in [1.165, 1.54) is 0 Å². The molecule has 1 aromatic rings.